The molecule has 0 N–H and O–H groups in total. The van der Waals surface area contributed by atoms with Crippen molar-refractivity contribution in [1.29, 1.82) is 0 Å². The number of hydrogen-bond donors (Lipinski definition) is 0. The summed E-state index contributed by atoms with van der Waals surface area (Å²) in [6.07, 6.45) is 3.73. The van der Waals surface area contributed by atoms with E-state index in [0.29, 0.717) is 0 Å². The highest BCUT2D eigenvalue weighted by atomic mass is 35.5. The Morgan fingerprint density at radius 1 is 1.06 bits per heavy atom. The Bertz CT molecular complexity index is 566. The maximum Gasteiger partial charge on any atom is 0.103 e. The van der Waals surface area contributed by atoms with Gasteiger partial charge >= 0.3 is 0 Å². The van der Waals surface area contributed by atoms with Gasteiger partial charge in [0.15, 0.2) is 0 Å². The van der Waals surface area contributed by atoms with Gasteiger partial charge in [0.25, 0.3) is 0 Å². The summed E-state index contributed by atoms with van der Waals surface area (Å²) in [5.41, 5.74) is 4.42. The third-order valence-corrected chi connectivity index (χ3v) is 3.98. The van der Waals surface area contributed by atoms with E-state index in [-0.39, 0.29) is 12.8 Å². The largest absolute Gasteiger partial charge is 0.259 e. The zero-order chi connectivity index (χ0) is 11.8. The van der Waals surface area contributed by atoms with E-state index in [0.717, 1.165) is 29.1 Å². The van der Waals surface area contributed by atoms with Crippen LogP contribution in [0.5, 0.6) is 0 Å². The Morgan fingerprint density at radius 3 is 2.61 bits per heavy atom. The van der Waals surface area contributed by atoms with Gasteiger partial charge in [0.2, 0.25) is 0 Å². The van der Waals surface area contributed by atoms with Crippen LogP contribution >= 0.6 is 23.2 Å². The molecule has 18 heavy (non-hydrogen) atoms. The maximum atomic E-state index is 6.54. The zero-order valence-corrected chi connectivity index (χ0v) is 10.7. The van der Waals surface area contributed by atoms with E-state index in [1.165, 1.54) is 11.1 Å². The molecule has 1 aliphatic rings. The van der Waals surface area contributed by atoms with Crippen LogP contribution in [0.4, 0.5) is 0 Å². The van der Waals surface area contributed by atoms with Gasteiger partial charge in [0, 0.05) is 11.2 Å². The summed E-state index contributed by atoms with van der Waals surface area (Å²) in [7, 11) is 0. The fraction of sp³-hybridized carbons (Fsp3) is 0.267. The van der Waals surface area contributed by atoms with Crippen LogP contribution in [-0.4, -0.2) is 4.98 Å². The van der Waals surface area contributed by atoms with Gasteiger partial charge in [-0.2, -0.15) is 0 Å². The standard InChI is InChI=1S/C14H11Cl2N.CH4/c15-11-5-1-3-9-6-7-10-4-2-8-17-14(10)13(16)12(9)11;/h1-5,8,13H,6-7H2;1H4. The fourth-order valence-corrected chi connectivity index (χ4v) is 3.19. The van der Waals surface area contributed by atoms with Crippen LogP contribution in [0.2, 0.25) is 5.02 Å². The molecular formula is C15H15Cl2N. The van der Waals surface area contributed by atoms with Gasteiger partial charge in [-0.1, -0.05) is 37.2 Å². The summed E-state index contributed by atoms with van der Waals surface area (Å²) < 4.78 is 0. The first-order valence-electron chi connectivity index (χ1n) is 5.62. The van der Waals surface area contributed by atoms with Gasteiger partial charge in [-0.25, -0.2) is 0 Å². The first-order chi connectivity index (χ1) is 8.27. The number of halogens is 2. The van der Waals surface area contributed by atoms with E-state index in [9.17, 15) is 0 Å². The lowest BCUT2D eigenvalue weighted by Gasteiger charge is -2.13. The van der Waals surface area contributed by atoms with Crippen LogP contribution in [0.1, 0.15) is 35.2 Å². The summed E-state index contributed by atoms with van der Waals surface area (Å²) in [5.74, 6) is 0. The number of alkyl halides is 1. The minimum Gasteiger partial charge on any atom is -0.259 e. The summed E-state index contributed by atoms with van der Waals surface area (Å²) in [5, 5.41) is 0.499. The maximum absolute atomic E-state index is 6.54. The van der Waals surface area contributed by atoms with Crippen molar-refractivity contribution in [3.8, 4) is 0 Å². The van der Waals surface area contributed by atoms with E-state index < -0.39 is 0 Å². The van der Waals surface area contributed by atoms with Crippen molar-refractivity contribution in [3.05, 3.63) is 63.9 Å². The predicted molar refractivity (Wildman–Crippen MR) is 77.5 cm³/mol. The Hall–Kier alpha value is -1.05. The number of pyridine rings is 1. The van der Waals surface area contributed by atoms with E-state index in [4.69, 9.17) is 23.2 Å². The smallest absolute Gasteiger partial charge is 0.103 e. The third-order valence-electron chi connectivity index (χ3n) is 3.23. The predicted octanol–water partition coefficient (Wildman–Crippen LogP) is 4.80. The molecule has 1 nitrogen and oxygen atoms in total. The van der Waals surface area contributed by atoms with E-state index in [1.807, 2.05) is 18.2 Å². The lowest BCUT2D eigenvalue weighted by atomic mass is 10.0. The highest BCUT2D eigenvalue weighted by molar-refractivity contribution is 6.33. The number of aromatic nitrogens is 1. The molecule has 0 fully saturated rings. The second kappa shape index (κ2) is 5.29. The van der Waals surface area contributed by atoms with Crippen molar-refractivity contribution >= 4 is 23.2 Å². The lowest BCUT2D eigenvalue weighted by molar-refractivity contribution is 0.950. The van der Waals surface area contributed by atoms with Crippen LogP contribution in [0.25, 0.3) is 0 Å². The Morgan fingerprint density at radius 2 is 1.78 bits per heavy atom. The van der Waals surface area contributed by atoms with Gasteiger partial charge in [-0.3, -0.25) is 4.98 Å². The van der Waals surface area contributed by atoms with Gasteiger partial charge in [0.1, 0.15) is 5.38 Å². The number of aryl methyl sites for hydroxylation is 2. The minimum atomic E-state index is -0.239. The Labute approximate surface area is 118 Å². The van der Waals surface area contributed by atoms with Crippen molar-refractivity contribution in [2.45, 2.75) is 25.6 Å². The number of fused-ring (bicyclic) bond motifs is 2. The molecule has 1 aromatic carbocycles. The SMILES string of the molecule is C.Clc1cccc2c1C(Cl)c1ncccc1CC2. The fourth-order valence-electron chi connectivity index (χ4n) is 2.38. The molecule has 0 saturated carbocycles. The van der Waals surface area contributed by atoms with Crippen molar-refractivity contribution in [3.63, 3.8) is 0 Å². The number of benzene rings is 1. The third kappa shape index (κ3) is 2.13. The molecule has 1 heterocycles. The lowest BCUT2D eigenvalue weighted by Crippen LogP contribution is -2.00. The molecule has 0 aliphatic heterocycles. The first kappa shape index (κ1) is 13.4. The molecule has 0 saturated heterocycles. The highest BCUT2D eigenvalue weighted by Crippen LogP contribution is 2.39. The first-order valence-corrected chi connectivity index (χ1v) is 6.44. The number of hydrogen-bond acceptors (Lipinski definition) is 1. The monoisotopic (exact) mass is 279 g/mol. The Balaban J connectivity index is 0.00000120. The normalized spacial score (nSPS) is 17.1. The van der Waals surface area contributed by atoms with Gasteiger partial charge < -0.3 is 0 Å². The minimum absolute atomic E-state index is 0. The second-order valence-corrected chi connectivity index (χ2v) is 5.07. The second-order valence-electron chi connectivity index (χ2n) is 4.22. The van der Waals surface area contributed by atoms with Gasteiger partial charge in [-0.15, -0.1) is 11.6 Å². The van der Waals surface area contributed by atoms with Crippen LogP contribution in [0.15, 0.2) is 36.5 Å². The summed E-state index contributed by atoms with van der Waals surface area (Å²) >= 11 is 12.8. The molecule has 0 radical (unpaired) electrons. The quantitative estimate of drug-likeness (QED) is 0.632. The van der Waals surface area contributed by atoms with Gasteiger partial charge in [0.05, 0.1) is 5.69 Å². The molecule has 1 aliphatic carbocycles. The number of rotatable bonds is 0. The van der Waals surface area contributed by atoms with Gasteiger partial charge in [-0.05, 0) is 41.7 Å². The van der Waals surface area contributed by atoms with Crippen LogP contribution in [-0.2, 0) is 12.8 Å². The van der Waals surface area contributed by atoms with Crippen molar-refractivity contribution in [1.82, 2.24) is 4.98 Å². The molecule has 1 unspecified atom stereocenters. The van der Waals surface area contributed by atoms with Crippen LogP contribution in [0.3, 0.4) is 0 Å². The summed E-state index contributed by atoms with van der Waals surface area (Å²) in [6, 6.07) is 10.0. The van der Waals surface area contributed by atoms with E-state index in [2.05, 4.69) is 17.1 Å². The highest BCUT2D eigenvalue weighted by Gasteiger charge is 2.24. The van der Waals surface area contributed by atoms with Crippen molar-refractivity contribution < 1.29 is 0 Å². The van der Waals surface area contributed by atoms with Crippen LogP contribution < -0.4 is 0 Å². The van der Waals surface area contributed by atoms with E-state index >= 15 is 0 Å². The molecule has 1 aromatic heterocycles. The average molecular weight is 280 g/mol. The zero-order valence-electron chi connectivity index (χ0n) is 9.16. The summed E-state index contributed by atoms with van der Waals surface area (Å²) in [4.78, 5) is 4.41. The molecular weight excluding hydrogens is 265 g/mol. The summed E-state index contributed by atoms with van der Waals surface area (Å²) in [6.45, 7) is 0. The topological polar surface area (TPSA) is 12.9 Å². The molecule has 2 aromatic rings. The molecule has 3 rings (SSSR count). The molecule has 94 valence electrons. The molecule has 0 spiro atoms. The van der Waals surface area contributed by atoms with Crippen molar-refractivity contribution in [2.75, 3.05) is 0 Å². The van der Waals surface area contributed by atoms with Crippen molar-refractivity contribution in [2.24, 2.45) is 0 Å². The van der Waals surface area contributed by atoms with E-state index in [1.54, 1.807) is 6.20 Å². The molecule has 0 bridgehead atoms. The van der Waals surface area contributed by atoms with Crippen LogP contribution in [0, 0.1) is 0 Å². The number of nitrogens with zero attached hydrogens (tertiary/aromatic N) is 1. The Kier molecular flexibility index (Phi) is 3.94. The average Bonchev–Trinajstić information content (AvgIpc) is 2.49. The molecule has 3 heteroatoms. The molecule has 1 atom stereocenters. The molecule has 0 amide bonds.